The third kappa shape index (κ3) is 4.04. The number of anilines is 1. The molecule has 0 saturated carbocycles. The van der Waals surface area contributed by atoms with Gasteiger partial charge in [-0.25, -0.2) is 4.98 Å². The monoisotopic (exact) mass is 331 g/mol. The average molecular weight is 332 g/mol. The summed E-state index contributed by atoms with van der Waals surface area (Å²) >= 11 is 6.70. The first-order valence-electron chi connectivity index (χ1n) is 5.58. The molecule has 0 unspecified atom stereocenters. The van der Waals surface area contributed by atoms with E-state index in [0.29, 0.717) is 0 Å². The minimum atomic E-state index is 0.910. The molecule has 2 heterocycles. The summed E-state index contributed by atoms with van der Waals surface area (Å²) < 4.78 is 5.49. The van der Waals surface area contributed by atoms with Crippen LogP contribution in [0.2, 0.25) is 0 Å². The molecule has 92 valence electrons. The average Bonchev–Trinajstić information content (AvgIpc) is 2.89. The second-order valence-electron chi connectivity index (χ2n) is 3.65. The summed E-state index contributed by atoms with van der Waals surface area (Å²) in [6.45, 7) is 3.05. The van der Waals surface area contributed by atoms with E-state index in [1.807, 2.05) is 0 Å². The molecule has 2 aromatic heterocycles. The molecule has 0 atom stereocenters. The van der Waals surface area contributed by atoms with Crippen LogP contribution in [0, 0.1) is 0 Å². The van der Waals surface area contributed by atoms with Gasteiger partial charge >= 0.3 is 0 Å². The Morgan fingerprint density at radius 2 is 2.24 bits per heavy atom. The second kappa shape index (κ2) is 6.47. The topological polar surface area (TPSA) is 37.8 Å². The van der Waals surface area contributed by atoms with Crippen molar-refractivity contribution in [3.05, 3.63) is 26.6 Å². The van der Waals surface area contributed by atoms with Gasteiger partial charge in [0.2, 0.25) is 5.13 Å². The SMILES string of the molecule is CCCc1nsc(NCCc2ccc(Br)s2)n1. The molecule has 1 N–H and O–H groups in total. The number of nitrogens with one attached hydrogen (secondary N) is 1. The van der Waals surface area contributed by atoms with Crippen molar-refractivity contribution in [3.8, 4) is 0 Å². The molecule has 0 bridgehead atoms. The fourth-order valence-corrected chi connectivity index (χ4v) is 3.55. The maximum atomic E-state index is 4.43. The first-order valence-corrected chi connectivity index (χ1v) is 7.97. The van der Waals surface area contributed by atoms with E-state index in [-0.39, 0.29) is 0 Å². The zero-order valence-corrected chi connectivity index (χ0v) is 12.8. The Labute approximate surface area is 118 Å². The van der Waals surface area contributed by atoms with Gasteiger partial charge in [-0.2, -0.15) is 4.37 Å². The van der Waals surface area contributed by atoms with E-state index in [1.165, 1.54) is 20.2 Å². The van der Waals surface area contributed by atoms with Crippen LogP contribution < -0.4 is 5.32 Å². The highest BCUT2D eigenvalue weighted by molar-refractivity contribution is 9.11. The molecular weight excluding hydrogens is 318 g/mol. The van der Waals surface area contributed by atoms with Gasteiger partial charge in [0.1, 0.15) is 5.82 Å². The van der Waals surface area contributed by atoms with Gasteiger partial charge in [0.15, 0.2) is 0 Å². The lowest BCUT2D eigenvalue weighted by atomic mass is 10.3. The normalized spacial score (nSPS) is 10.7. The molecule has 3 nitrogen and oxygen atoms in total. The van der Waals surface area contributed by atoms with Crippen molar-refractivity contribution in [1.29, 1.82) is 0 Å². The first-order chi connectivity index (χ1) is 8.28. The Morgan fingerprint density at radius 3 is 2.94 bits per heavy atom. The highest BCUT2D eigenvalue weighted by atomic mass is 79.9. The van der Waals surface area contributed by atoms with Crippen LogP contribution >= 0.6 is 38.8 Å². The minimum absolute atomic E-state index is 0.910. The first kappa shape index (κ1) is 13.0. The van der Waals surface area contributed by atoms with Gasteiger partial charge in [-0.1, -0.05) is 6.92 Å². The van der Waals surface area contributed by atoms with Crippen LogP contribution in [0.4, 0.5) is 5.13 Å². The minimum Gasteiger partial charge on any atom is -0.360 e. The predicted octanol–water partition coefficient (Wildman–Crippen LogP) is 3.97. The number of hydrogen-bond donors (Lipinski definition) is 1. The molecule has 0 fully saturated rings. The van der Waals surface area contributed by atoms with Gasteiger partial charge in [0.05, 0.1) is 3.79 Å². The Kier molecular flexibility index (Phi) is 4.94. The number of aromatic nitrogens is 2. The molecular formula is C11H14BrN3S2. The highest BCUT2D eigenvalue weighted by Gasteiger charge is 2.03. The highest BCUT2D eigenvalue weighted by Crippen LogP contribution is 2.22. The van der Waals surface area contributed by atoms with Crippen LogP contribution in [-0.4, -0.2) is 15.9 Å². The molecule has 2 aromatic rings. The van der Waals surface area contributed by atoms with Crippen LogP contribution in [0.1, 0.15) is 24.0 Å². The van der Waals surface area contributed by atoms with Crippen molar-refractivity contribution in [2.45, 2.75) is 26.2 Å². The number of rotatable bonds is 6. The van der Waals surface area contributed by atoms with Crippen LogP contribution in [0.3, 0.4) is 0 Å². The number of nitrogens with zero attached hydrogens (tertiary/aromatic N) is 2. The predicted molar refractivity (Wildman–Crippen MR) is 78.1 cm³/mol. The maximum absolute atomic E-state index is 4.43. The second-order valence-corrected chi connectivity index (χ2v) is 6.95. The fraction of sp³-hybridized carbons (Fsp3) is 0.455. The number of halogens is 1. The van der Waals surface area contributed by atoms with Crippen molar-refractivity contribution in [3.63, 3.8) is 0 Å². The van der Waals surface area contributed by atoms with Gasteiger partial charge in [-0.3, -0.25) is 0 Å². The Hall–Kier alpha value is -0.460. The lowest BCUT2D eigenvalue weighted by molar-refractivity contribution is 0.860. The quantitative estimate of drug-likeness (QED) is 0.870. The van der Waals surface area contributed by atoms with E-state index in [2.05, 4.69) is 49.7 Å². The zero-order chi connectivity index (χ0) is 12.1. The summed E-state index contributed by atoms with van der Waals surface area (Å²) in [5.74, 6) is 0.957. The summed E-state index contributed by atoms with van der Waals surface area (Å²) in [6.07, 6.45) is 3.09. The van der Waals surface area contributed by atoms with Crippen molar-refractivity contribution < 1.29 is 0 Å². The summed E-state index contributed by atoms with van der Waals surface area (Å²) in [6, 6.07) is 4.24. The van der Waals surface area contributed by atoms with Gasteiger partial charge in [0.25, 0.3) is 0 Å². The van der Waals surface area contributed by atoms with E-state index in [1.54, 1.807) is 11.3 Å². The molecule has 0 aliphatic rings. The molecule has 0 aromatic carbocycles. The third-order valence-corrected chi connectivity index (χ3v) is 4.61. The van der Waals surface area contributed by atoms with E-state index >= 15 is 0 Å². The lowest BCUT2D eigenvalue weighted by Gasteiger charge is -1.99. The van der Waals surface area contributed by atoms with E-state index in [4.69, 9.17) is 0 Å². The van der Waals surface area contributed by atoms with Crippen molar-refractivity contribution in [1.82, 2.24) is 9.36 Å². The lowest BCUT2D eigenvalue weighted by Crippen LogP contribution is -2.03. The number of thiophene rings is 1. The van der Waals surface area contributed by atoms with Gasteiger partial charge in [0, 0.05) is 29.4 Å². The molecule has 6 heteroatoms. The summed E-state index contributed by atoms with van der Waals surface area (Å²) in [7, 11) is 0. The Bertz CT molecular complexity index is 467. The van der Waals surface area contributed by atoms with Crippen LogP contribution in [0.5, 0.6) is 0 Å². The molecule has 0 amide bonds. The molecule has 17 heavy (non-hydrogen) atoms. The Morgan fingerprint density at radius 1 is 1.35 bits per heavy atom. The fourth-order valence-electron chi connectivity index (χ4n) is 1.43. The van der Waals surface area contributed by atoms with E-state index in [9.17, 15) is 0 Å². The maximum Gasteiger partial charge on any atom is 0.202 e. The molecule has 0 radical (unpaired) electrons. The number of hydrogen-bond acceptors (Lipinski definition) is 5. The Balaban J connectivity index is 1.77. The van der Waals surface area contributed by atoms with Crippen LogP contribution in [-0.2, 0) is 12.8 Å². The van der Waals surface area contributed by atoms with Crippen LogP contribution in [0.15, 0.2) is 15.9 Å². The van der Waals surface area contributed by atoms with E-state index < -0.39 is 0 Å². The molecule has 0 aliphatic carbocycles. The largest absolute Gasteiger partial charge is 0.360 e. The zero-order valence-electron chi connectivity index (χ0n) is 9.57. The van der Waals surface area contributed by atoms with Crippen molar-refractivity contribution in [2.24, 2.45) is 0 Å². The summed E-state index contributed by atoms with van der Waals surface area (Å²) in [5, 5.41) is 4.25. The summed E-state index contributed by atoms with van der Waals surface area (Å²) in [5.41, 5.74) is 0. The molecule has 0 saturated heterocycles. The van der Waals surface area contributed by atoms with E-state index in [0.717, 1.165) is 36.8 Å². The molecule has 0 aliphatic heterocycles. The third-order valence-electron chi connectivity index (χ3n) is 2.22. The van der Waals surface area contributed by atoms with Gasteiger partial charge < -0.3 is 5.32 Å². The number of aryl methyl sites for hydroxylation is 1. The van der Waals surface area contributed by atoms with Crippen molar-refractivity contribution in [2.75, 3.05) is 11.9 Å². The smallest absolute Gasteiger partial charge is 0.202 e. The summed E-state index contributed by atoms with van der Waals surface area (Å²) in [4.78, 5) is 5.80. The van der Waals surface area contributed by atoms with Gasteiger partial charge in [-0.05, 0) is 40.9 Å². The molecule has 0 spiro atoms. The van der Waals surface area contributed by atoms with Gasteiger partial charge in [-0.15, -0.1) is 11.3 Å². The van der Waals surface area contributed by atoms with Crippen molar-refractivity contribution >= 4 is 43.9 Å². The van der Waals surface area contributed by atoms with Crippen LogP contribution in [0.25, 0.3) is 0 Å². The standard InChI is InChI=1S/C11H14BrN3S2/c1-2-3-10-14-11(17-15-10)13-7-6-8-4-5-9(12)16-8/h4-5H,2-3,6-7H2,1H3,(H,13,14,15). The molecule has 2 rings (SSSR count).